The predicted octanol–water partition coefficient (Wildman–Crippen LogP) is 3.53. The largest absolute Gasteiger partial charge is 0.331 e. The first-order valence-corrected chi connectivity index (χ1v) is 6.19. The van der Waals surface area contributed by atoms with Crippen LogP contribution in [0.3, 0.4) is 0 Å². The second kappa shape index (κ2) is 5.46. The van der Waals surface area contributed by atoms with E-state index < -0.39 is 0 Å². The Balaban J connectivity index is 2.45. The molecule has 0 radical (unpaired) electrons. The molecule has 0 saturated heterocycles. The van der Waals surface area contributed by atoms with Crippen molar-refractivity contribution < 1.29 is 9.63 Å². The zero-order chi connectivity index (χ0) is 12.2. The van der Waals surface area contributed by atoms with E-state index in [1.807, 2.05) is 0 Å². The molecule has 16 heavy (non-hydrogen) atoms. The number of hydrogen-bond donors (Lipinski definition) is 0. The van der Waals surface area contributed by atoms with Crippen molar-refractivity contribution in [2.75, 3.05) is 0 Å². The Morgan fingerprint density at radius 3 is 2.44 bits per heavy atom. The van der Waals surface area contributed by atoms with Crippen LogP contribution in [0.4, 0.5) is 0 Å². The molecule has 0 aromatic heterocycles. The van der Waals surface area contributed by atoms with E-state index in [1.54, 1.807) is 0 Å². The third kappa shape index (κ3) is 3.62. The second-order valence-electron chi connectivity index (χ2n) is 5.36. The molecule has 1 aliphatic carbocycles. The van der Waals surface area contributed by atoms with Crippen LogP contribution in [0.25, 0.3) is 0 Å². The Morgan fingerprint density at radius 2 is 2.00 bits per heavy atom. The molecular formula is C13H23NO2. The summed E-state index contributed by atoms with van der Waals surface area (Å²) in [5.74, 6) is 0.442. The molecule has 0 amide bonds. The highest BCUT2D eigenvalue weighted by atomic mass is 16.7. The highest BCUT2D eigenvalue weighted by molar-refractivity contribution is 5.85. The lowest BCUT2D eigenvalue weighted by Gasteiger charge is -2.36. The van der Waals surface area contributed by atoms with Crippen molar-refractivity contribution in [3.63, 3.8) is 0 Å². The summed E-state index contributed by atoms with van der Waals surface area (Å²) < 4.78 is 0. The van der Waals surface area contributed by atoms with Crippen LogP contribution in [0.5, 0.6) is 0 Å². The zero-order valence-corrected chi connectivity index (χ0v) is 10.9. The topological polar surface area (TPSA) is 38.7 Å². The molecule has 0 aromatic rings. The molecule has 0 unspecified atom stereocenters. The van der Waals surface area contributed by atoms with Crippen molar-refractivity contribution in [2.24, 2.45) is 16.5 Å². The molecule has 1 aliphatic rings. The van der Waals surface area contributed by atoms with Gasteiger partial charge in [-0.2, -0.15) is 0 Å². The lowest BCUT2D eigenvalue weighted by molar-refractivity contribution is -0.141. The van der Waals surface area contributed by atoms with Gasteiger partial charge in [-0.3, -0.25) is 0 Å². The van der Waals surface area contributed by atoms with Crippen LogP contribution in [0.2, 0.25) is 0 Å². The smallest absolute Gasteiger partial charge is 0.319 e. The minimum absolute atomic E-state index is 0.330. The Labute approximate surface area is 98.2 Å². The van der Waals surface area contributed by atoms with E-state index in [2.05, 4.69) is 30.8 Å². The highest BCUT2D eigenvalue weighted by Crippen LogP contribution is 2.39. The number of oxime groups is 1. The van der Waals surface area contributed by atoms with Gasteiger partial charge >= 0.3 is 5.97 Å². The first-order chi connectivity index (χ1) is 7.45. The first kappa shape index (κ1) is 13.2. The molecule has 0 atom stereocenters. The van der Waals surface area contributed by atoms with Gasteiger partial charge < -0.3 is 4.84 Å². The van der Waals surface area contributed by atoms with Crippen molar-refractivity contribution in [1.29, 1.82) is 0 Å². The maximum atomic E-state index is 10.6. The van der Waals surface area contributed by atoms with Crippen LogP contribution in [-0.2, 0) is 9.63 Å². The van der Waals surface area contributed by atoms with Gasteiger partial charge in [-0.25, -0.2) is 4.79 Å². The van der Waals surface area contributed by atoms with Crippen molar-refractivity contribution in [1.82, 2.24) is 0 Å². The molecule has 1 fully saturated rings. The maximum absolute atomic E-state index is 10.6. The highest BCUT2D eigenvalue weighted by Gasteiger charge is 2.30. The van der Waals surface area contributed by atoms with Crippen LogP contribution in [0, 0.1) is 11.3 Å². The summed E-state index contributed by atoms with van der Waals surface area (Å²) in [6.07, 6.45) is 5.50. The van der Waals surface area contributed by atoms with Gasteiger partial charge in [-0.15, -0.1) is 0 Å². The summed E-state index contributed by atoms with van der Waals surface area (Å²) in [4.78, 5) is 15.3. The molecule has 3 nitrogen and oxygen atoms in total. The fourth-order valence-electron chi connectivity index (χ4n) is 2.24. The molecule has 1 rings (SSSR count). The summed E-state index contributed by atoms with van der Waals surface area (Å²) in [6, 6.07) is 0. The van der Waals surface area contributed by atoms with Crippen LogP contribution < -0.4 is 0 Å². The molecule has 0 spiro atoms. The van der Waals surface area contributed by atoms with Gasteiger partial charge in [0.2, 0.25) is 0 Å². The van der Waals surface area contributed by atoms with E-state index in [0.717, 1.165) is 24.5 Å². The van der Waals surface area contributed by atoms with Gasteiger partial charge in [0.15, 0.2) is 0 Å². The molecular weight excluding hydrogens is 202 g/mol. The summed E-state index contributed by atoms with van der Waals surface area (Å²) in [6.45, 7) is 8.32. The third-order valence-electron chi connectivity index (χ3n) is 3.88. The van der Waals surface area contributed by atoms with Crippen molar-refractivity contribution in [3.05, 3.63) is 0 Å². The SMILES string of the molecule is CCC(C)(C)C1CCC(=NOC(C)=O)CC1. The number of nitrogens with zero attached hydrogens (tertiary/aromatic N) is 1. The standard InChI is InChI=1S/C13H23NO2/c1-5-13(3,4)11-6-8-12(9-7-11)14-16-10(2)15/h11H,5-9H2,1-4H3. The zero-order valence-electron chi connectivity index (χ0n) is 10.9. The number of carbonyl (C=O) groups excluding carboxylic acids is 1. The average molecular weight is 225 g/mol. The van der Waals surface area contributed by atoms with Crippen molar-refractivity contribution in [3.8, 4) is 0 Å². The van der Waals surface area contributed by atoms with Crippen LogP contribution in [0.1, 0.15) is 59.8 Å². The fourth-order valence-corrected chi connectivity index (χ4v) is 2.24. The van der Waals surface area contributed by atoms with Gasteiger partial charge in [0.05, 0.1) is 5.71 Å². The number of hydrogen-bond acceptors (Lipinski definition) is 3. The van der Waals surface area contributed by atoms with Crippen LogP contribution >= 0.6 is 0 Å². The monoisotopic (exact) mass is 225 g/mol. The Hall–Kier alpha value is -0.860. The van der Waals surface area contributed by atoms with Gasteiger partial charge in [-0.05, 0) is 37.0 Å². The fraction of sp³-hybridized carbons (Fsp3) is 0.846. The Kier molecular flexibility index (Phi) is 4.51. The van der Waals surface area contributed by atoms with Crippen LogP contribution in [0.15, 0.2) is 5.16 Å². The van der Waals surface area contributed by atoms with Gasteiger partial charge in [-0.1, -0.05) is 32.3 Å². The quantitative estimate of drug-likeness (QED) is 0.544. The minimum atomic E-state index is -0.330. The maximum Gasteiger partial charge on any atom is 0.331 e. The molecule has 0 bridgehead atoms. The summed E-state index contributed by atoms with van der Waals surface area (Å²) >= 11 is 0. The van der Waals surface area contributed by atoms with E-state index in [9.17, 15) is 4.79 Å². The van der Waals surface area contributed by atoms with Crippen molar-refractivity contribution >= 4 is 11.7 Å². The summed E-state index contributed by atoms with van der Waals surface area (Å²) in [5, 5.41) is 3.89. The lowest BCUT2D eigenvalue weighted by Crippen LogP contribution is -2.28. The molecule has 0 N–H and O–H groups in total. The minimum Gasteiger partial charge on any atom is -0.319 e. The Morgan fingerprint density at radius 1 is 1.44 bits per heavy atom. The normalized spacial score (nSPS) is 21.8. The Bertz CT molecular complexity index is 272. The van der Waals surface area contributed by atoms with E-state index >= 15 is 0 Å². The van der Waals surface area contributed by atoms with Crippen molar-refractivity contribution in [2.45, 2.75) is 59.8 Å². The van der Waals surface area contributed by atoms with Crippen LogP contribution in [-0.4, -0.2) is 11.7 Å². The molecule has 92 valence electrons. The number of rotatable bonds is 3. The van der Waals surface area contributed by atoms with E-state index in [4.69, 9.17) is 0 Å². The molecule has 0 heterocycles. The molecule has 0 aromatic carbocycles. The second-order valence-corrected chi connectivity index (χ2v) is 5.36. The number of carbonyl (C=O) groups is 1. The van der Waals surface area contributed by atoms with E-state index in [-0.39, 0.29) is 5.97 Å². The van der Waals surface area contributed by atoms with Gasteiger partial charge in [0.1, 0.15) is 0 Å². The third-order valence-corrected chi connectivity index (χ3v) is 3.88. The lowest BCUT2D eigenvalue weighted by atomic mass is 9.69. The molecule has 0 aliphatic heterocycles. The molecule has 3 heteroatoms. The average Bonchev–Trinajstić information content (AvgIpc) is 2.27. The van der Waals surface area contributed by atoms with Gasteiger partial charge in [0.25, 0.3) is 0 Å². The van der Waals surface area contributed by atoms with Gasteiger partial charge in [0, 0.05) is 6.92 Å². The first-order valence-electron chi connectivity index (χ1n) is 6.19. The summed E-state index contributed by atoms with van der Waals surface area (Å²) in [5.41, 5.74) is 1.46. The van der Waals surface area contributed by atoms with E-state index in [1.165, 1.54) is 26.2 Å². The summed E-state index contributed by atoms with van der Waals surface area (Å²) in [7, 11) is 0. The molecule has 1 saturated carbocycles. The predicted molar refractivity (Wildman–Crippen MR) is 65.2 cm³/mol. The van der Waals surface area contributed by atoms with E-state index in [0.29, 0.717) is 5.41 Å².